The van der Waals surface area contributed by atoms with Crippen molar-refractivity contribution in [1.82, 2.24) is 10.2 Å². The first kappa shape index (κ1) is 7.11. The Bertz CT molecular complexity index is 189. The second-order valence-corrected chi connectivity index (χ2v) is 1.87. The Morgan fingerprint density at radius 2 is 2.20 bits per heavy atom. The Morgan fingerprint density at radius 3 is 2.60 bits per heavy atom. The molecule has 0 saturated heterocycles. The van der Waals surface area contributed by atoms with Crippen molar-refractivity contribution in [2.24, 2.45) is 0 Å². The zero-order valence-corrected chi connectivity index (χ0v) is 4.94. The van der Waals surface area contributed by atoms with Gasteiger partial charge in [-0.15, -0.1) is 0 Å². The third-order valence-electron chi connectivity index (χ3n) is 0.949. The topological polar surface area (TPSA) is 28.7 Å². The summed E-state index contributed by atoms with van der Waals surface area (Å²) < 4.78 is 34.7. The van der Waals surface area contributed by atoms with Gasteiger partial charge in [0.2, 0.25) is 0 Å². The van der Waals surface area contributed by atoms with Crippen LogP contribution in [0.2, 0.25) is 0 Å². The zero-order valence-electron chi connectivity index (χ0n) is 4.94. The summed E-state index contributed by atoms with van der Waals surface area (Å²) in [7, 11) is 0. The second-order valence-electron chi connectivity index (χ2n) is 1.87. The van der Waals surface area contributed by atoms with E-state index in [4.69, 9.17) is 0 Å². The number of rotatable bonds is 1. The van der Waals surface area contributed by atoms with E-state index in [1.54, 1.807) is 0 Å². The fourth-order valence-electron chi connectivity index (χ4n) is 0.599. The normalized spacial score (nSPS) is 11.9. The molecule has 1 heterocycles. The molecule has 0 aliphatic rings. The van der Waals surface area contributed by atoms with Crippen LogP contribution in [-0.2, 0) is 6.42 Å². The van der Waals surface area contributed by atoms with Crippen LogP contribution in [0.5, 0.6) is 0 Å². The maximum atomic E-state index is 11.6. The van der Waals surface area contributed by atoms with Crippen LogP contribution < -0.4 is 0 Å². The van der Waals surface area contributed by atoms with Crippen molar-refractivity contribution in [2.45, 2.75) is 12.6 Å². The number of nitrogens with one attached hydrogen (secondary N) is 1. The predicted molar refractivity (Wildman–Crippen MR) is 28.3 cm³/mol. The third-order valence-corrected chi connectivity index (χ3v) is 0.949. The highest BCUT2D eigenvalue weighted by atomic mass is 19.4. The molecule has 0 unspecified atom stereocenters. The van der Waals surface area contributed by atoms with Crippen molar-refractivity contribution in [1.29, 1.82) is 0 Å². The van der Waals surface area contributed by atoms with E-state index in [0.29, 0.717) is 0 Å². The minimum atomic E-state index is -4.15. The highest BCUT2D eigenvalue weighted by molar-refractivity contribution is 4.98. The number of aromatic amines is 1. The Kier molecular flexibility index (Phi) is 1.65. The van der Waals surface area contributed by atoms with E-state index in [1.165, 1.54) is 12.3 Å². The van der Waals surface area contributed by atoms with E-state index >= 15 is 0 Å². The summed E-state index contributed by atoms with van der Waals surface area (Å²) in [6.45, 7) is 0. The summed E-state index contributed by atoms with van der Waals surface area (Å²) in [6.07, 6.45) is -3.79. The first-order chi connectivity index (χ1) is 4.58. The molecule has 2 nitrogen and oxygen atoms in total. The average molecular weight is 150 g/mol. The molecule has 0 radical (unpaired) electrons. The third kappa shape index (κ3) is 2.08. The monoisotopic (exact) mass is 150 g/mol. The summed E-state index contributed by atoms with van der Waals surface area (Å²) in [5.74, 6) is 0. The zero-order chi connectivity index (χ0) is 7.61. The van der Waals surface area contributed by atoms with Crippen LogP contribution >= 0.6 is 0 Å². The van der Waals surface area contributed by atoms with Crippen molar-refractivity contribution in [2.75, 3.05) is 0 Å². The SMILES string of the molecule is FC(F)(F)Cc1ccn[nH]1. The van der Waals surface area contributed by atoms with Gasteiger partial charge in [-0.1, -0.05) is 0 Å². The van der Waals surface area contributed by atoms with Crippen LogP contribution in [-0.4, -0.2) is 16.4 Å². The summed E-state index contributed by atoms with van der Waals surface area (Å²) in [4.78, 5) is 0. The Balaban J connectivity index is 2.57. The van der Waals surface area contributed by atoms with Crippen molar-refractivity contribution >= 4 is 0 Å². The lowest BCUT2D eigenvalue weighted by molar-refractivity contribution is -0.127. The molecule has 10 heavy (non-hydrogen) atoms. The van der Waals surface area contributed by atoms with E-state index in [9.17, 15) is 13.2 Å². The van der Waals surface area contributed by atoms with Gasteiger partial charge in [-0.25, -0.2) is 0 Å². The summed E-state index contributed by atoms with van der Waals surface area (Å²) in [5.41, 5.74) is 0.0903. The smallest absolute Gasteiger partial charge is 0.282 e. The van der Waals surface area contributed by atoms with E-state index in [0.717, 1.165) is 0 Å². The van der Waals surface area contributed by atoms with E-state index in [1.807, 2.05) is 0 Å². The summed E-state index contributed by atoms with van der Waals surface area (Å²) >= 11 is 0. The molecule has 0 aromatic carbocycles. The largest absolute Gasteiger partial charge is 0.394 e. The van der Waals surface area contributed by atoms with Gasteiger partial charge >= 0.3 is 6.18 Å². The fourth-order valence-corrected chi connectivity index (χ4v) is 0.599. The molecule has 0 saturated carbocycles. The van der Waals surface area contributed by atoms with Crippen LogP contribution in [0, 0.1) is 0 Å². The van der Waals surface area contributed by atoms with Crippen molar-refractivity contribution < 1.29 is 13.2 Å². The fraction of sp³-hybridized carbons (Fsp3) is 0.400. The van der Waals surface area contributed by atoms with Gasteiger partial charge in [0.05, 0.1) is 6.42 Å². The van der Waals surface area contributed by atoms with E-state index < -0.39 is 12.6 Å². The lowest BCUT2D eigenvalue weighted by Crippen LogP contribution is -2.11. The molecule has 0 aliphatic heterocycles. The highest BCUT2D eigenvalue weighted by Crippen LogP contribution is 2.19. The van der Waals surface area contributed by atoms with Crippen molar-refractivity contribution in [3.63, 3.8) is 0 Å². The van der Waals surface area contributed by atoms with Gasteiger partial charge in [-0.2, -0.15) is 18.3 Å². The molecule has 0 amide bonds. The molecule has 0 atom stereocenters. The molecular weight excluding hydrogens is 145 g/mol. The van der Waals surface area contributed by atoms with Crippen molar-refractivity contribution in [3.8, 4) is 0 Å². The van der Waals surface area contributed by atoms with Crippen molar-refractivity contribution in [3.05, 3.63) is 18.0 Å². The first-order valence-corrected chi connectivity index (χ1v) is 2.63. The van der Waals surface area contributed by atoms with Gasteiger partial charge in [0, 0.05) is 11.9 Å². The minimum absolute atomic E-state index is 0.0903. The lowest BCUT2D eigenvalue weighted by Gasteiger charge is -2.01. The minimum Gasteiger partial charge on any atom is -0.282 e. The molecule has 0 spiro atoms. The molecule has 1 aromatic heterocycles. The van der Waals surface area contributed by atoms with Crippen LogP contribution in [0.1, 0.15) is 5.69 Å². The molecule has 0 aliphatic carbocycles. The lowest BCUT2D eigenvalue weighted by atomic mass is 10.3. The Morgan fingerprint density at radius 1 is 1.50 bits per heavy atom. The molecule has 0 bridgehead atoms. The number of H-pyrrole nitrogens is 1. The summed E-state index contributed by atoms with van der Waals surface area (Å²) in [6, 6.07) is 1.30. The number of halogens is 3. The Labute approximate surface area is 55.1 Å². The maximum absolute atomic E-state index is 11.6. The first-order valence-electron chi connectivity index (χ1n) is 2.63. The number of hydrogen-bond donors (Lipinski definition) is 1. The summed E-state index contributed by atoms with van der Waals surface area (Å²) in [5, 5.41) is 5.61. The van der Waals surface area contributed by atoms with Gasteiger partial charge in [0.25, 0.3) is 0 Å². The van der Waals surface area contributed by atoms with Gasteiger partial charge < -0.3 is 0 Å². The molecule has 1 aromatic rings. The molecule has 56 valence electrons. The highest BCUT2D eigenvalue weighted by Gasteiger charge is 2.27. The molecular formula is C5H5F3N2. The van der Waals surface area contributed by atoms with Crippen LogP contribution in [0.15, 0.2) is 12.3 Å². The molecule has 1 N–H and O–H groups in total. The van der Waals surface area contributed by atoms with Crippen LogP contribution in [0.25, 0.3) is 0 Å². The maximum Gasteiger partial charge on any atom is 0.394 e. The number of aromatic nitrogens is 2. The second kappa shape index (κ2) is 2.32. The number of nitrogens with zero attached hydrogens (tertiary/aromatic N) is 1. The van der Waals surface area contributed by atoms with Crippen LogP contribution in [0.4, 0.5) is 13.2 Å². The van der Waals surface area contributed by atoms with Gasteiger partial charge in [0.1, 0.15) is 0 Å². The van der Waals surface area contributed by atoms with Gasteiger partial charge in [-0.05, 0) is 6.07 Å². The Hall–Kier alpha value is -1.00. The van der Waals surface area contributed by atoms with E-state index in [2.05, 4.69) is 10.2 Å². The quantitative estimate of drug-likeness (QED) is 0.645. The standard InChI is InChI=1S/C5H5F3N2/c6-5(7,8)3-4-1-2-9-10-4/h1-2H,3H2,(H,9,10). The van der Waals surface area contributed by atoms with Gasteiger partial charge in [0.15, 0.2) is 0 Å². The van der Waals surface area contributed by atoms with Gasteiger partial charge in [-0.3, -0.25) is 5.10 Å². The predicted octanol–water partition coefficient (Wildman–Crippen LogP) is 1.51. The molecule has 0 fully saturated rings. The molecule has 1 rings (SSSR count). The molecule has 5 heteroatoms. The van der Waals surface area contributed by atoms with E-state index in [-0.39, 0.29) is 5.69 Å². The van der Waals surface area contributed by atoms with Crippen LogP contribution in [0.3, 0.4) is 0 Å². The average Bonchev–Trinajstić information content (AvgIpc) is 2.12. The number of alkyl halides is 3. The number of hydrogen-bond acceptors (Lipinski definition) is 1.